The first-order chi connectivity index (χ1) is 7.67. The van der Waals surface area contributed by atoms with E-state index in [1.54, 1.807) is 0 Å². The number of para-hydroxylation sites is 2. The molecule has 16 heavy (non-hydrogen) atoms. The molecular formula is C12H14BrN2S+. The standard InChI is InChI=1S/C12H14BrN2S/c1-12(7-13)8-16-11-14(2)9-5-3-4-6-10(9)15(11)12/h3-6H,7-8H2,1-2H3/q+1. The Morgan fingerprint density at radius 3 is 3.00 bits per heavy atom. The number of alkyl halides is 1. The summed E-state index contributed by atoms with van der Waals surface area (Å²) in [5.74, 6) is 1.15. The Morgan fingerprint density at radius 2 is 2.25 bits per heavy atom. The molecule has 1 atom stereocenters. The topological polar surface area (TPSA) is 8.81 Å². The Hall–Kier alpha value is -0.480. The van der Waals surface area contributed by atoms with Crippen LogP contribution in [0.1, 0.15) is 6.92 Å². The summed E-state index contributed by atoms with van der Waals surface area (Å²) in [6.07, 6.45) is 0. The van der Waals surface area contributed by atoms with Crippen molar-refractivity contribution in [2.24, 2.45) is 7.05 Å². The summed E-state index contributed by atoms with van der Waals surface area (Å²) >= 11 is 5.60. The van der Waals surface area contributed by atoms with Gasteiger partial charge in [0.25, 0.3) is 0 Å². The summed E-state index contributed by atoms with van der Waals surface area (Å²) in [5.41, 5.74) is 2.85. The predicted octanol–water partition coefficient (Wildman–Crippen LogP) is 2.68. The third kappa shape index (κ3) is 1.23. The van der Waals surface area contributed by atoms with Gasteiger partial charge in [-0.25, -0.2) is 9.13 Å². The van der Waals surface area contributed by atoms with Crippen LogP contribution < -0.4 is 4.57 Å². The number of thioether (sulfide) groups is 1. The van der Waals surface area contributed by atoms with Crippen molar-refractivity contribution in [2.45, 2.75) is 17.6 Å². The monoisotopic (exact) mass is 297 g/mol. The molecule has 0 amide bonds. The first-order valence-corrected chi connectivity index (χ1v) is 7.47. The minimum atomic E-state index is 0.195. The Kier molecular flexibility index (Phi) is 2.33. The van der Waals surface area contributed by atoms with Crippen LogP contribution in [-0.4, -0.2) is 15.7 Å². The van der Waals surface area contributed by atoms with Gasteiger partial charge >= 0.3 is 5.16 Å². The number of halogens is 1. The van der Waals surface area contributed by atoms with Crippen molar-refractivity contribution in [3.05, 3.63) is 24.3 Å². The zero-order valence-corrected chi connectivity index (χ0v) is 11.8. The Balaban J connectivity index is 2.40. The minimum absolute atomic E-state index is 0.195. The predicted molar refractivity (Wildman–Crippen MR) is 71.3 cm³/mol. The van der Waals surface area contributed by atoms with E-state index in [1.165, 1.54) is 16.2 Å². The molecule has 0 bridgehead atoms. The largest absolute Gasteiger partial charge is 0.319 e. The van der Waals surface area contributed by atoms with Gasteiger partial charge in [-0.1, -0.05) is 28.1 Å². The molecule has 1 aliphatic rings. The molecule has 3 rings (SSSR count). The van der Waals surface area contributed by atoms with E-state index in [-0.39, 0.29) is 5.54 Å². The van der Waals surface area contributed by atoms with Crippen LogP contribution in [0.4, 0.5) is 0 Å². The van der Waals surface area contributed by atoms with Gasteiger partial charge in [0.05, 0.1) is 7.05 Å². The van der Waals surface area contributed by atoms with Gasteiger partial charge in [0.1, 0.15) is 5.54 Å². The molecule has 0 fully saturated rings. The van der Waals surface area contributed by atoms with Crippen LogP contribution in [0.5, 0.6) is 0 Å². The van der Waals surface area contributed by atoms with E-state index in [4.69, 9.17) is 0 Å². The highest BCUT2D eigenvalue weighted by atomic mass is 79.9. The summed E-state index contributed by atoms with van der Waals surface area (Å²) < 4.78 is 4.77. The molecule has 1 unspecified atom stereocenters. The van der Waals surface area contributed by atoms with Crippen molar-refractivity contribution in [3.8, 4) is 0 Å². The van der Waals surface area contributed by atoms with Crippen LogP contribution in [0.25, 0.3) is 11.0 Å². The Morgan fingerprint density at radius 1 is 1.50 bits per heavy atom. The lowest BCUT2D eigenvalue weighted by Gasteiger charge is -2.17. The summed E-state index contributed by atoms with van der Waals surface area (Å²) in [6.45, 7) is 2.32. The average molecular weight is 298 g/mol. The van der Waals surface area contributed by atoms with Crippen LogP contribution >= 0.6 is 27.7 Å². The molecule has 0 radical (unpaired) electrons. The summed E-state index contributed by atoms with van der Waals surface area (Å²) in [5, 5.41) is 2.36. The second-order valence-electron chi connectivity index (χ2n) is 4.58. The number of nitrogens with zero attached hydrogens (tertiary/aromatic N) is 2. The van der Waals surface area contributed by atoms with Gasteiger partial charge in [0.15, 0.2) is 11.0 Å². The maximum atomic E-state index is 3.65. The molecule has 2 nitrogen and oxygen atoms in total. The maximum absolute atomic E-state index is 3.65. The molecule has 4 heteroatoms. The third-order valence-electron chi connectivity index (χ3n) is 3.30. The lowest BCUT2D eigenvalue weighted by Crippen LogP contribution is -2.32. The molecule has 0 saturated carbocycles. The normalized spacial score (nSPS) is 23.9. The van der Waals surface area contributed by atoms with E-state index >= 15 is 0 Å². The van der Waals surface area contributed by atoms with Gasteiger partial charge in [-0.15, -0.1) is 0 Å². The smallest absolute Gasteiger partial charge is 0.220 e. The number of aryl methyl sites for hydroxylation is 1. The van der Waals surface area contributed by atoms with Crippen molar-refractivity contribution < 1.29 is 4.57 Å². The molecule has 1 aliphatic heterocycles. The zero-order chi connectivity index (χ0) is 11.3. The van der Waals surface area contributed by atoms with E-state index in [0.717, 1.165) is 11.1 Å². The fraction of sp³-hybridized carbons (Fsp3) is 0.417. The molecule has 0 aliphatic carbocycles. The van der Waals surface area contributed by atoms with Crippen molar-refractivity contribution >= 4 is 38.7 Å². The van der Waals surface area contributed by atoms with Gasteiger partial charge in [-0.05, 0) is 30.8 Å². The second kappa shape index (κ2) is 3.50. The average Bonchev–Trinajstić information content (AvgIpc) is 2.80. The second-order valence-corrected chi connectivity index (χ2v) is 6.09. The van der Waals surface area contributed by atoms with E-state index < -0.39 is 0 Å². The number of aromatic nitrogens is 2. The summed E-state index contributed by atoms with van der Waals surface area (Å²) in [6, 6.07) is 8.63. The molecule has 0 N–H and O–H groups in total. The highest BCUT2D eigenvalue weighted by Gasteiger charge is 2.44. The third-order valence-corrected chi connectivity index (χ3v) is 5.99. The van der Waals surface area contributed by atoms with Gasteiger partial charge in [0, 0.05) is 11.1 Å². The number of hydrogen-bond acceptors (Lipinski definition) is 1. The summed E-state index contributed by atoms with van der Waals surface area (Å²) in [7, 11) is 2.15. The number of hydrogen-bond donors (Lipinski definition) is 0. The number of rotatable bonds is 1. The van der Waals surface area contributed by atoms with Crippen molar-refractivity contribution in [1.82, 2.24) is 4.57 Å². The Labute approximate surface area is 108 Å². The fourth-order valence-corrected chi connectivity index (χ4v) is 4.48. The van der Waals surface area contributed by atoms with Crippen LogP contribution in [0, 0.1) is 0 Å². The summed E-state index contributed by atoms with van der Waals surface area (Å²) in [4.78, 5) is 0. The highest BCUT2D eigenvalue weighted by molar-refractivity contribution is 9.09. The quantitative estimate of drug-likeness (QED) is 0.581. The lowest BCUT2D eigenvalue weighted by molar-refractivity contribution is -0.685. The lowest BCUT2D eigenvalue weighted by atomic mass is 10.1. The molecule has 2 aromatic rings. The zero-order valence-electron chi connectivity index (χ0n) is 9.40. The molecule has 2 heterocycles. The van der Waals surface area contributed by atoms with Gasteiger partial charge in [0.2, 0.25) is 0 Å². The minimum Gasteiger partial charge on any atom is -0.220 e. The van der Waals surface area contributed by atoms with Crippen LogP contribution in [0.2, 0.25) is 0 Å². The maximum Gasteiger partial charge on any atom is 0.319 e. The van der Waals surface area contributed by atoms with E-state index in [0.29, 0.717) is 0 Å². The van der Waals surface area contributed by atoms with Crippen LogP contribution in [-0.2, 0) is 12.6 Å². The van der Waals surface area contributed by atoms with Crippen molar-refractivity contribution in [3.63, 3.8) is 0 Å². The van der Waals surface area contributed by atoms with Gasteiger partial charge < -0.3 is 0 Å². The van der Waals surface area contributed by atoms with Gasteiger partial charge in [-0.2, -0.15) is 0 Å². The van der Waals surface area contributed by atoms with Gasteiger partial charge in [-0.3, -0.25) is 0 Å². The molecular weight excluding hydrogens is 284 g/mol. The van der Waals surface area contributed by atoms with E-state index in [1.807, 2.05) is 11.8 Å². The van der Waals surface area contributed by atoms with Crippen molar-refractivity contribution in [2.75, 3.05) is 11.1 Å². The van der Waals surface area contributed by atoms with E-state index in [9.17, 15) is 0 Å². The number of benzene rings is 1. The molecule has 0 spiro atoms. The SMILES string of the molecule is C[n+]1c2n(c3ccccc31)C(C)(CBr)CS2. The number of fused-ring (bicyclic) bond motifs is 3. The molecule has 1 aromatic heterocycles. The van der Waals surface area contributed by atoms with Crippen LogP contribution in [0.3, 0.4) is 0 Å². The molecule has 84 valence electrons. The molecule has 0 saturated heterocycles. The fourth-order valence-electron chi connectivity index (χ4n) is 2.36. The number of imidazole rings is 1. The van der Waals surface area contributed by atoms with Crippen LogP contribution in [0.15, 0.2) is 29.4 Å². The van der Waals surface area contributed by atoms with E-state index in [2.05, 4.69) is 63.3 Å². The highest BCUT2D eigenvalue weighted by Crippen LogP contribution is 2.40. The Bertz CT molecular complexity index is 563. The molecule has 1 aromatic carbocycles. The first-order valence-electron chi connectivity index (χ1n) is 5.36. The first kappa shape index (κ1) is 10.7. The van der Waals surface area contributed by atoms with Crippen molar-refractivity contribution in [1.29, 1.82) is 0 Å².